The number of amidine groups is 1. The Kier molecular flexibility index (Phi) is 6.74. The number of nitrogens with one attached hydrogen (secondary N) is 2. The topological polar surface area (TPSA) is 111 Å². The van der Waals surface area contributed by atoms with Crippen molar-refractivity contribution in [2.75, 3.05) is 11.3 Å². The van der Waals surface area contributed by atoms with Gasteiger partial charge < -0.3 is 25.2 Å². The summed E-state index contributed by atoms with van der Waals surface area (Å²) in [4.78, 5) is 17.2. The molecule has 170 valence electrons. The van der Waals surface area contributed by atoms with Crippen molar-refractivity contribution >= 4 is 29.6 Å². The Labute approximate surface area is 192 Å². The third-order valence-corrected chi connectivity index (χ3v) is 6.06. The van der Waals surface area contributed by atoms with Crippen molar-refractivity contribution < 1.29 is 14.3 Å². The first-order valence-corrected chi connectivity index (χ1v) is 11.7. The van der Waals surface area contributed by atoms with Crippen LogP contribution in [0.1, 0.15) is 61.9 Å². The number of benzene rings is 1. The molecule has 1 saturated carbocycles. The zero-order chi connectivity index (χ0) is 22.6. The van der Waals surface area contributed by atoms with Gasteiger partial charge in [-0.15, -0.1) is 0 Å². The number of carbonyl (C=O) groups is 1. The predicted molar refractivity (Wildman–Crippen MR) is 127 cm³/mol. The highest BCUT2D eigenvalue weighted by Gasteiger charge is 2.25. The van der Waals surface area contributed by atoms with Crippen molar-refractivity contribution in [2.45, 2.75) is 57.6 Å². The van der Waals surface area contributed by atoms with E-state index in [-0.39, 0.29) is 18.6 Å². The molecule has 2 heterocycles. The molecule has 1 aromatic heterocycles. The van der Waals surface area contributed by atoms with E-state index in [0.717, 1.165) is 24.1 Å². The van der Waals surface area contributed by atoms with Gasteiger partial charge in [0.05, 0.1) is 28.9 Å². The van der Waals surface area contributed by atoms with E-state index >= 15 is 0 Å². The van der Waals surface area contributed by atoms with Gasteiger partial charge in [-0.25, -0.2) is 4.98 Å². The number of hydrogen-bond donors (Lipinski definition) is 3. The molecule has 0 saturated heterocycles. The lowest BCUT2D eigenvalue weighted by Gasteiger charge is -2.28. The van der Waals surface area contributed by atoms with Crippen LogP contribution in [0.3, 0.4) is 0 Å². The van der Waals surface area contributed by atoms with Gasteiger partial charge in [0.1, 0.15) is 24.3 Å². The van der Waals surface area contributed by atoms with Crippen molar-refractivity contribution in [3.05, 3.63) is 47.7 Å². The van der Waals surface area contributed by atoms with Crippen molar-refractivity contribution in [3.8, 4) is 11.6 Å². The second-order valence-corrected chi connectivity index (χ2v) is 9.31. The molecular weight excluding hydrogens is 426 g/mol. The summed E-state index contributed by atoms with van der Waals surface area (Å²) in [7, 11) is 0. The number of nitrogens with zero attached hydrogens (tertiary/aromatic N) is 2. The van der Waals surface area contributed by atoms with Gasteiger partial charge in [0, 0.05) is 17.8 Å². The highest BCUT2D eigenvalue weighted by molar-refractivity contribution is 7.99. The Hall–Kier alpha value is -2.94. The van der Waals surface area contributed by atoms with E-state index in [4.69, 9.17) is 15.2 Å². The molecule has 4 N–H and O–H groups in total. The van der Waals surface area contributed by atoms with Crippen LogP contribution in [0.5, 0.6) is 11.6 Å². The number of pyridine rings is 1. The molecule has 32 heavy (non-hydrogen) atoms. The first-order chi connectivity index (χ1) is 15.4. The highest BCUT2D eigenvalue weighted by Crippen LogP contribution is 2.32. The lowest BCUT2D eigenvalue weighted by molar-refractivity contribution is 0.0879. The molecule has 1 aliphatic heterocycles. The number of ether oxygens (including phenoxy) is 2. The smallest absolute Gasteiger partial charge is 0.252 e. The minimum atomic E-state index is -0.629. The summed E-state index contributed by atoms with van der Waals surface area (Å²) >= 11 is 1.18. The second-order valence-electron chi connectivity index (χ2n) is 8.74. The maximum Gasteiger partial charge on any atom is 0.252 e. The van der Waals surface area contributed by atoms with E-state index in [9.17, 15) is 4.79 Å². The average molecular weight is 456 g/mol. The molecule has 2 aromatic rings. The van der Waals surface area contributed by atoms with E-state index in [1.807, 2.05) is 32.0 Å². The van der Waals surface area contributed by atoms with E-state index in [2.05, 4.69) is 19.4 Å². The Bertz CT molecular complexity index is 1000. The predicted octanol–water partition coefficient (Wildman–Crippen LogP) is 4.07. The van der Waals surface area contributed by atoms with E-state index in [1.54, 1.807) is 18.3 Å². The fourth-order valence-corrected chi connectivity index (χ4v) is 4.31. The minimum absolute atomic E-state index is 0.181. The van der Waals surface area contributed by atoms with Crippen LogP contribution >= 0.6 is 12.1 Å². The summed E-state index contributed by atoms with van der Waals surface area (Å²) in [5, 5.41) is 3.04. The van der Waals surface area contributed by atoms with Crippen LogP contribution < -0.4 is 25.2 Å². The summed E-state index contributed by atoms with van der Waals surface area (Å²) in [6.45, 7) is 4.07. The summed E-state index contributed by atoms with van der Waals surface area (Å²) in [5.74, 6) is 1.31. The van der Waals surface area contributed by atoms with Crippen LogP contribution in [-0.2, 0) is 0 Å². The van der Waals surface area contributed by atoms with Crippen LogP contribution in [0.4, 0.5) is 5.69 Å². The van der Waals surface area contributed by atoms with Crippen LogP contribution in [0, 0.1) is 0 Å². The van der Waals surface area contributed by atoms with Gasteiger partial charge in [-0.3, -0.25) is 4.79 Å². The lowest BCUT2D eigenvalue weighted by atomic mass is 9.98. The standard InChI is InChI=1S/C23H29N5O3S/c1-23(2,14-30-18-10-6-9-17-20(18)21(24)28-32-27-17)26-22(29)15-11-12-25-19(13-15)31-16-7-4-3-5-8-16/h6,9-13,16,27H,3-5,7-8,14H2,1-2H3,(H2,24,28)(H,26,29). The Morgan fingerprint density at radius 3 is 2.91 bits per heavy atom. The molecule has 4 rings (SSSR count). The number of carbonyl (C=O) groups excluding carboxylic acids is 1. The third-order valence-electron chi connectivity index (χ3n) is 5.46. The molecule has 1 aliphatic carbocycles. The number of fused-ring (bicyclic) bond motifs is 1. The van der Waals surface area contributed by atoms with Crippen LogP contribution in [-0.4, -0.2) is 35.0 Å². The van der Waals surface area contributed by atoms with Crippen molar-refractivity contribution in [1.82, 2.24) is 10.3 Å². The van der Waals surface area contributed by atoms with E-state index in [1.165, 1.54) is 31.4 Å². The molecule has 2 aliphatic rings. The van der Waals surface area contributed by atoms with E-state index < -0.39 is 5.54 Å². The number of hydrogen-bond acceptors (Lipinski definition) is 8. The van der Waals surface area contributed by atoms with Gasteiger partial charge in [0.2, 0.25) is 5.88 Å². The quantitative estimate of drug-likeness (QED) is 0.540. The van der Waals surface area contributed by atoms with Gasteiger partial charge in [0.15, 0.2) is 0 Å². The van der Waals surface area contributed by atoms with Gasteiger partial charge in [-0.05, 0) is 57.7 Å². The Balaban J connectivity index is 1.38. The molecule has 1 amide bonds. The summed E-state index contributed by atoms with van der Waals surface area (Å²) in [6.07, 6.45) is 7.48. The van der Waals surface area contributed by atoms with Gasteiger partial charge >= 0.3 is 0 Å². The lowest BCUT2D eigenvalue weighted by Crippen LogP contribution is -2.48. The molecule has 1 fully saturated rings. The fourth-order valence-electron chi connectivity index (χ4n) is 3.81. The first-order valence-electron chi connectivity index (χ1n) is 10.9. The van der Waals surface area contributed by atoms with E-state index in [0.29, 0.717) is 23.0 Å². The molecule has 1 aromatic carbocycles. The third kappa shape index (κ3) is 5.45. The van der Waals surface area contributed by atoms with Gasteiger partial charge in [-0.1, -0.05) is 12.5 Å². The zero-order valence-electron chi connectivity index (χ0n) is 18.4. The maximum atomic E-state index is 12.9. The molecule has 0 atom stereocenters. The van der Waals surface area contributed by atoms with Gasteiger partial charge in [0.25, 0.3) is 5.91 Å². The molecular formula is C23H29N5O3S. The highest BCUT2D eigenvalue weighted by atomic mass is 32.2. The molecule has 9 heteroatoms. The van der Waals surface area contributed by atoms with Crippen molar-refractivity contribution in [2.24, 2.45) is 10.1 Å². The summed E-state index contributed by atoms with van der Waals surface area (Å²) in [6, 6.07) is 9.04. The van der Waals surface area contributed by atoms with Crippen molar-refractivity contribution in [1.29, 1.82) is 0 Å². The van der Waals surface area contributed by atoms with Crippen LogP contribution in [0.25, 0.3) is 0 Å². The number of rotatable bonds is 7. The molecule has 0 unspecified atom stereocenters. The van der Waals surface area contributed by atoms with Crippen molar-refractivity contribution in [3.63, 3.8) is 0 Å². The Morgan fingerprint density at radius 2 is 2.09 bits per heavy atom. The monoisotopic (exact) mass is 455 g/mol. The SMILES string of the molecule is CC(C)(COc1cccc2c1C(N)=NSN2)NC(=O)c1ccnc(OC2CCCCC2)c1. The summed E-state index contributed by atoms with van der Waals surface area (Å²) < 4.78 is 19.3. The minimum Gasteiger partial charge on any atom is -0.490 e. The zero-order valence-corrected chi connectivity index (χ0v) is 19.2. The molecule has 0 spiro atoms. The van der Waals surface area contributed by atoms with Crippen LogP contribution in [0.15, 0.2) is 40.9 Å². The molecule has 0 bridgehead atoms. The normalized spacial score (nSPS) is 16.4. The second kappa shape index (κ2) is 9.68. The number of anilines is 1. The molecule has 8 nitrogen and oxygen atoms in total. The van der Waals surface area contributed by atoms with Crippen LogP contribution in [0.2, 0.25) is 0 Å². The Morgan fingerprint density at radius 1 is 1.28 bits per heavy atom. The largest absolute Gasteiger partial charge is 0.490 e. The number of amides is 1. The summed E-state index contributed by atoms with van der Waals surface area (Å²) in [5.41, 5.74) is 7.50. The fraction of sp³-hybridized carbons (Fsp3) is 0.435. The first kappa shape index (κ1) is 22.3. The number of nitrogens with two attached hydrogens (primary N) is 1. The van der Waals surface area contributed by atoms with Gasteiger partial charge in [-0.2, -0.15) is 4.40 Å². The number of aromatic nitrogens is 1. The average Bonchev–Trinajstić information content (AvgIpc) is 2.78. The molecule has 0 radical (unpaired) electrons. The maximum absolute atomic E-state index is 12.9.